The van der Waals surface area contributed by atoms with Gasteiger partial charge in [-0.05, 0) is 25.1 Å². The zero-order valence-corrected chi connectivity index (χ0v) is 16.1. The van der Waals surface area contributed by atoms with E-state index >= 15 is 0 Å². The van der Waals surface area contributed by atoms with E-state index < -0.39 is 28.1 Å². The van der Waals surface area contributed by atoms with Gasteiger partial charge < -0.3 is 9.47 Å². The van der Waals surface area contributed by atoms with E-state index in [9.17, 15) is 13.2 Å². The molecule has 7 heteroatoms. The molecule has 0 saturated carbocycles. The maximum atomic E-state index is 13.1. The maximum Gasteiger partial charge on any atom is 0.330 e. The van der Waals surface area contributed by atoms with Gasteiger partial charge in [-0.2, -0.15) is 4.31 Å². The lowest BCUT2D eigenvalue weighted by Gasteiger charge is -2.09. The van der Waals surface area contributed by atoms with Crippen LogP contribution in [0.2, 0.25) is 0 Å². The van der Waals surface area contributed by atoms with E-state index in [4.69, 9.17) is 4.74 Å². The Morgan fingerprint density at radius 1 is 1.07 bits per heavy atom. The van der Waals surface area contributed by atoms with Crippen molar-refractivity contribution in [3.05, 3.63) is 71.8 Å². The van der Waals surface area contributed by atoms with Crippen LogP contribution in [-0.2, 0) is 19.6 Å². The van der Waals surface area contributed by atoms with Crippen LogP contribution in [0.3, 0.4) is 0 Å². The highest BCUT2D eigenvalue weighted by molar-refractivity contribution is 7.89. The molecule has 0 aromatic heterocycles. The molecule has 0 spiro atoms. The van der Waals surface area contributed by atoms with Gasteiger partial charge in [-0.15, -0.1) is 0 Å². The summed E-state index contributed by atoms with van der Waals surface area (Å²) in [5.41, 5.74) is 1.72. The molecular formula is C20H21NO5S. The summed E-state index contributed by atoms with van der Waals surface area (Å²) >= 11 is 0. The second-order valence-corrected chi connectivity index (χ2v) is 8.05. The standard InChI is InChI=1S/C20H21NO5S/c1-14-8-10-15(11-9-14)27(23,24)21-17(12-13-19(22)26-3)20(21)16-6-4-5-7-18(16)25-2/h4-13,17,20H,1-3H3/b13-12+. The molecule has 2 aromatic carbocycles. The van der Waals surface area contributed by atoms with Crippen molar-refractivity contribution in [2.24, 2.45) is 0 Å². The minimum atomic E-state index is -3.73. The Labute approximate surface area is 159 Å². The van der Waals surface area contributed by atoms with Gasteiger partial charge in [-0.1, -0.05) is 42.0 Å². The maximum absolute atomic E-state index is 13.1. The van der Waals surface area contributed by atoms with Gasteiger partial charge in [-0.3, -0.25) is 0 Å². The lowest BCUT2D eigenvalue weighted by Crippen LogP contribution is -2.14. The number of ether oxygens (including phenoxy) is 2. The zero-order valence-electron chi connectivity index (χ0n) is 15.3. The highest BCUT2D eigenvalue weighted by atomic mass is 32.2. The number of sulfonamides is 1. The van der Waals surface area contributed by atoms with Crippen LogP contribution in [0.25, 0.3) is 0 Å². The van der Waals surface area contributed by atoms with Crippen molar-refractivity contribution in [1.82, 2.24) is 4.31 Å². The van der Waals surface area contributed by atoms with Gasteiger partial charge >= 0.3 is 5.97 Å². The Morgan fingerprint density at radius 2 is 1.74 bits per heavy atom. The van der Waals surface area contributed by atoms with Gasteiger partial charge in [0.15, 0.2) is 0 Å². The normalized spacial score (nSPS) is 21.8. The number of esters is 1. The third-order valence-corrected chi connectivity index (χ3v) is 6.38. The van der Waals surface area contributed by atoms with Crippen molar-refractivity contribution in [3.63, 3.8) is 0 Å². The second kappa shape index (κ2) is 7.54. The second-order valence-electron chi connectivity index (χ2n) is 6.21. The first-order chi connectivity index (χ1) is 12.9. The molecule has 1 aliphatic rings. The number of nitrogens with zero attached hydrogens (tertiary/aromatic N) is 1. The highest BCUT2D eigenvalue weighted by Crippen LogP contribution is 2.50. The van der Waals surface area contributed by atoms with Crippen molar-refractivity contribution in [1.29, 1.82) is 0 Å². The number of benzene rings is 2. The molecular weight excluding hydrogens is 366 g/mol. The fourth-order valence-electron chi connectivity index (χ4n) is 3.04. The van der Waals surface area contributed by atoms with E-state index in [0.717, 1.165) is 11.1 Å². The quantitative estimate of drug-likeness (QED) is 0.433. The average molecular weight is 387 g/mol. The lowest BCUT2D eigenvalue weighted by molar-refractivity contribution is -0.134. The molecule has 2 aromatic rings. The van der Waals surface area contributed by atoms with Gasteiger partial charge in [0.2, 0.25) is 10.0 Å². The van der Waals surface area contributed by atoms with Crippen LogP contribution in [0.1, 0.15) is 17.2 Å². The Balaban J connectivity index is 2.01. The Hall–Kier alpha value is -2.64. The smallest absolute Gasteiger partial charge is 0.330 e. The minimum Gasteiger partial charge on any atom is -0.496 e. The lowest BCUT2D eigenvalue weighted by atomic mass is 10.1. The number of hydrogen-bond donors (Lipinski definition) is 0. The molecule has 6 nitrogen and oxygen atoms in total. The van der Waals surface area contributed by atoms with E-state index in [1.165, 1.54) is 17.5 Å². The zero-order chi connectivity index (χ0) is 19.6. The van der Waals surface area contributed by atoms with Gasteiger partial charge in [-0.25, -0.2) is 13.2 Å². The largest absolute Gasteiger partial charge is 0.496 e. The number of aryl methyl sites for hydroxylation is 1. The van der Waals surface area contributed by atoms with Gasteiger partial charge in [0.05, 0.1) is 31.2 Å². The first-order valence-electron chi connectivity index (χ1n) is 8.39. The summed E-state index contributed by atoms with van der Waals surface area (Å²) in [5.74, 6) is 0.0638. The monoisotopic (exact) mass is 387 g/mol. The van der Waals surface area contributed by atoms with Crippen LogP contribution < -0.4 is 4.74 Å². The summed E-state index contributed by atoms with van der Waals surface area (Å²) in [5, 5.41) is 0. The first kappa shape index (κ1) is 19.1. The van der Waals surface area contributed by atoms with E-state index in [-0.39, 0.29) is 4.90 Å². The molecule has 3 unspecified atom stereocenters. The predicted octanol–water partition coefficient (Wildman–Crippen LogP) is 2.85. The third-order valence-electron chi connectivity index (χ3n) is 4.49. The Kier molecular flexibility index (Phi) is 5.34. The number of carbonyl (C=O) groups excluding carboxylic acids is 1. The predicted molar refractivity (Wildman–Crippen MR) is 101 cm³/mol. The summed E-state index contributed by atoms with van der Waals surface area (Å²) in [6.45, 7) is 1.90. The fourth-order valence-corrected chi connectivity index (χ4v) is 4.75. The molecule has 0 radical (unpaired) electrons. The fraction of sp³-hybridized carbons (Fsp3) is 0.250. The number of rotatable bonds is 6. The topological polar surface area (TPSA) is 72.7 Å². The molecule has 0 bridgehead atoms. The van der Waals surface area contributed by atoms with Crippen molar-refractivity contribution >= 4 is 16.0 Å². The molecule has 0 N–H and O–H groups in total. The van der Waals surface area contributed by atoms with Crippen molar-refractivity contribution in [2.45, 2.75) is 23.9 Å². The number of para-hydroxylation sites is 1. The molecule has 1 saturated heterocycles. The van der Waals surface area contributed by atoms with Crippen LogP contribution in [-0.4, -0.2) is 39.0 Å². The molecule has 0 amide bonds. The molecule has 1 heterocycles. The van der Waals surface area contributed by atoms with Gasteiger partial charge in [0.1, 0.15) is 5.75 Å². The van der Waals surface area contributed by atoms with Crippen LogP contribution in [0.5, 0.6) is 5.75 Å². The number of hydrogen-bond acceptors (Lipinski definition) is 5. The molecule has 27 heavy (non-hydrogen) atoms. The van der Waals surface area contributed by atoms with E-state index in [2.05, 4.69) is 4.74 Å². The van der Waals surface area contributed by atoms with Crippen molar-refractivity contribution < 1.29 is 22.7 Å². The molecule has 1 aliphatic heterocycles. The van der Waals surface area contributed by atoms with E-state index in [0.29, 0.717) is 5.75 Å². The van der Waals surface area contributed by atoms with Crippen molar-refractivity contribution in [2.75, 3.05) is 14.2 Å². The van der Waals surface area contributed by atoms with Crippen LogP contribution in [0.4, 0.5) is 0 Å². The third kappa shape index (κ3) is 3.74. The molecule has 3 atom stereocenters. The number of carbonyl (C=O) groups is 1. The first-order valence-corrected chi connectivity index (χ1v) is 9.83. The van der Waals surface area contributed by atoms with Gasteiger partial charge in [0.25, 0.3) is 0 Å². The SMILES string of the molecule is COC(=O)/C=C/C1C(c2ccccc2OC)N1S(=O)(=O)c1ccc(C)cc1. The van der Waals surface area contributed by atoms with Crippen LogP contribution >= 0.6 is 0 Å². The minimum absolute atomic E-state index is 0.210. The summed E-state index contributed by atoms with van der Waals surface area (Å²) in [6.07, 6.45) is 2.80. The van der Waals surface area contributed by atoms with E-state index in [1.54, 1.807) is 43.5 Å². The summed E-state index contributed by atoms with van der Waals surface area (Å²) < 4.78 is 37.7. The molecule has 142 valence electrons. The Bertz CT molecular complexity index is 966. The molecule has 3 rings (SSSR count). The van der Waals surface area contributed by atoms with Crippen LogP contribution in [0.15, 0.2) is 65.6 Å². The van der Waals surface area contributed by atoms with Crippen LogP contribution in [0, 0.1) is 6.92 Å². The number of methoxy groups -OCH3 is 2. The van der Waals surface area contributed by atoms with Crippen molar-refractivity contribution in [3.8, 4) is 5.75 Å². The summed E-state index contributed by atoms with van der Waals surface area (Å²) in [4.78, 5) is 11.7. The molecule has 0 aliphatic carbocycles. The average Bonchev–Trinajstić information content (AvgIpc) is 3.41. The summed E-state index contributed by atoms with van der Waals surface area (Å²) in [6, 6.07) is 13.0. The van der Waals surface area contributed by atoms with Gasteiger partial charge in [0, 0.05) is 11.6 Å². The van der Waals surface area contributed by atoms with E-state index in [1.807, 2.05) is 25.1 Å². The molecule has 1 fully saturated rings. The highest BCUT2D eigenvalue weighted by Gasteiger charge is 2.55. The Morgan fingerprint density at radius 3 is 2.37 bits per heavy atom. The summed E-state index contributed by atoms with van der Waals surface area (Å²) in [7, 11) is -0.917.